The van der Waals surface area contributed by atoms with Crippen molar-refractivity contribution >= 4 is 26.9 Å². The number of likely N-dealkylation sites (tertiary alicyclic amines) is 1. The van der Waals surface area contributed by atoms with Gasteiger partial charge in [0.15, 0.2) is 10.6 Å². The fourth-order valence-corrected chi connectivity index (χ4v) is 4.94. The molecule has 0 amide bonds. The number of hydrogen-bond donors (Lipinski definition) is 0. The molecule has 12 heteroatoms. The lowest BCUT2D eigenvalue weighted by Gasteiger charge is -2.30. The molecule has 0 N–H and O–H groups in total. The van der Waals surface area contributed by atoms with Crippen LogP contribution in [0.15, 0.2) is 47.5 Å². The summed E-state index contributed by atoms with van der Waals surface area (Å²) in [6, 6.07) is 6.70. The first-order valence-corrected chi connectivity index (χ1v) is 10.8. The van der Waals surface area contributed by atoms with Gasteiger partial charge in [0.25, 0.3) is 10.0 Å². The van der Waals surface area contributed by atoms with Crippen LogP contribution in [-0.2, 0) is 21.4 Å². The highest BCUT2D eigenvalue weighted by molar-refractivity contribution is 7.90. The minimum atomic E-state index is -5.34. The third kappa shape index (κ3) is 3.84. The highest BCUT2D eigenvalue weighted by Gasteiger charge is 2.42. The van der Waals surface area contributed by atoms with Crippen molar-refractivity contribution in [3.8, 4) is 5.75 Å². The predicted molar refractivity (Wildman–Crippen MR) is 102 cm³/mol. The third-order valence-corrected chi connectivity index (χ3v) is 6.79. The van der Waals surface area contributed by atoms with Crippen LogP contribution in [0.3, 0.4) is 0 Å². The minimum absolute atomic E-state index is 0.0719. The summed E-state index contributed by atoms with van der Waals surface area (Å²) >= 11 is 0. The predicted octanol–water partition coefficient (Wildman–Crippen LogP) is 3.83. The standard InChI is InChI=1S/C20H15F5N2O4S/c21-13-5-2-6-14(22)18(13)32(29,30)27-11-16(31-19(28)20(23,24)25)17-12(4-1-7-15(17)27)10-26-8-3-9-26/h1-2,4-7,11H,3,8-10H2. The molecule has 1 aliphatic heterocycles. The Morgan fingerprint density at radius 1 is 1.03 bits per heavy atom. The van der Waals surface area contributed by atoms with Crippen molar-refractivity contribution < 1.29 is 39.9 Å². The van der Waals surface area contributed by atoms with Crippen LogP contribution in [0.25, 0.3) is 10.9 Å². The van der Waals surface area contributed by atoms with E-state index in [2.05, 4.69) is 4.74 Å². The van der Waals surface area contributed by atoms with E-state index < -0.39 is 44.4 Å². The van der Waals surface area contributed by atoms with E-state index >= 15 is 0 Å². The first-order chi connectivity index (χ1) is 15.0. The number of carbonyl (C=O) groups excluding carboxylic acids is 1. The van der Waals surface area contributed by atoms with E-state index in [0.29, 0.717) is 15.7 Å². The van der Waals surface area contributed by atoms with Crippen LogP contribution >= 0.6 is 0 Å². The van der Waals surface area contributed by atoms with Gasteiger partial charge in [0.2, 0.25) is 0 Å². The van der Waals surface area contributed by atoms with Gasteiger partial charge in [0.1, 0.15) is 11.6 Å². The number of rotatable bonds is 5. The molecule has 4 rings (SSSR count). The fourth-order valence-electron chi connectivity index (χ4n) is 3.47. The lowest BCUT2D eigenvalue weighted by molar-refractivity contribution is -0.189. The molecule has 0 unspecified atom stereocenters. The van der Waals surface area contributed by atoms with Gasteiger partial charge in [-0.3, -0.25) is 4.90 Å². The summed E-state index contributed by atoms with van der Waals surface area (Å²) in [7, 11) is -4.93. The third-order valence-electron chi connectivity index (χ3n) is 5.06. The Balaban J connectivity index is 1.94. The summed E-state index contributed by atoms with van der Waals surface area (Å²) in [5, 5.41) is -0.0719. The smallest absolute Gasteiger partial charge is 0.418 e. The number of hydrogen-bond acceptors (Lipinski definition) is 5. The maximum Gasteiger partial charge on any atom is 0.491 e. The Kier molecular flexibility index (Phi) is 5.45. The van der Waals surface area contributed by atoms with E-state index in [1.54, 1.807) is 6.07 Å². The minimum Gasteiger partial charge on any atom is -0.418 e. The summed E-state index contributed by atoms with van der Waals surface area (Å²) in [6.45, 7) is 1.72. The zero-order valence-corrected chi connectivity index (χ0v) is 17.0. The van der Waals surface area contributed by atoms with Crippen molar-refractivity contribution in [3.05, 3.63) is 59.8 Å². The van der Waals surface area contributed by atoms with Gasteiger partial charge >= 0.3 is 12.1 Å². The molecule has 1 saturated heterocycles. The van der Waals surface area contributed by atoms with Crippen LogP contribution in [0.4, 0.5) is 22.0 Å². The van der Waals surface area contributed by atoms with Crippen LogP contribution in [0.5, 0.6) is 5.75 Å². The Hall–Kier alpha value is -2.99. The molecule has 0 radical (unpaired) electrons. The second-order valence-corrected chi connectivity index (χ2v) is 8.93. The zero-order chi connectivity index (χ0) is 23.3. The van der Waals surface area contributed by atoms with Crippen molar-refractivity contribution in [1.29, 1.82) is 0 Å². The van der Waals surface area contributed by atoms with Gasteiger partial charge in [-0.25, -0.2) is 26.0 Å². The molecule has 2 aromatic carbocycles. The lowest BCUT2D eigenvalue weighted by atomic mass is 10.1. The van der Waals surface area contributed by atoms with Crippen molar-refractivity contribution in [2.75, 3.05) is 13.1 Å². The highest BCUT2D eigenvalue weighted by atomic mass is 32.2. The number of alkyl halides is 3. The summed E-state index contributed by atoms with van der Waals surface area (Å²) in [5.41, 5.74) is 0.214. The molecule has 0 spiro atoms. The SMILES string of the molecule is O=C(Oc1cn(S(=O)(=O)c2c(F)cccc2F)c2cccc(CN3CCC3)c12)C(F)(F)F. The topological polar surface area (TPSA) is 68.6 Å². The molecule has 1 aliphatic rings. The first-order valence-electron chi connectivity index (χ1n) is 9.34. The summed E-state index contributed by atoms with van der Waals surface area (Å²) in [6.07, 6.45) is -3.79. The Bertz CT molecular complexity index is 1290. The van der Waals surface area contributed by atoms with E-state index in [1.165, 1.54) is 12.1 Å². The maximum absolute atomic E-state index is 14.2. The van der Waals surface area contributed by atoms with Gasteiger partial charge in [-0.2, -0.15) is 13.2 Å². The molecule has 0 aliphatic carbocycles. The lowest BCUT2D eigenvalue weighted by Crippen LogP contribution is -2.36. The van der Waals surface area contributed by atoms with Crippen molar-refractivity contribution in [2.45, 2.75) is 24.0 Å². The summed E-state index contributed by atoms with van der Waals surface area (Å²) < 4.78 is 98.0. The molecule has 3 aromatic rings. The Morgan fingerprint density at radius 3 is 2.22 bits per heavy atom. The van der Waals surface area contributed by atoms with E-state index in [1.807, 2.05) is 4.90 Å². The van der Waals surface area contributed by atoms with Crippen LogP contribution in [0.2, 0.25) is 0 Å². The number of halogens is 5. The van der Waals surface area contributed by atoms with E-state index in [4.69, 9.17) is 0 Å². The molecule has 0 atom stereocenters. The second-order valence-electron chi connectivity index (χ2n) is 7.17. The van der Waals surface area contributed by atoms with Crippen molar-refractivity contribution in [3.63, 3.8) is 0 Å². The molecule has 1 fully saturated rings. The average Bonchev–Trinajstić information content (AvgIpc) is 3.04. The average molecular weight is 474 g/mol. The molecule has 2 heterocycles. The van der Waals surface area contributed by atoms with Crippen molar-refractivity contribution in [2.24, 2.45) is 0 Å². The number of aromatic nitrogens is 1. The first kappa shape index (κ1) is 22.2. The molecule has 170 valence electrons. The van der Waals surface area contributed by atoms with Crippen LogP contribution in [0.1, 0.15) is 12.0 Å². The van der Waals surface area contributed by atoms with E-state index in [-0.39, 0.29) is 17.4 Å². The quantitative estimate of drug-likeness (QED) is 0.416. The Labute approximate surface area is 178 Å². The van der Waals surface area contributed by atoms with E-state index in [0.717, 1.165) is 37.7 Å². The monoisotopic (exact) mass is 474 g/mol. The van der Waals surface area contributed by atoms with Gasteiger partial charge in [-0.1, -0.05) is 18.2 Å². The summed E-state index contributed by atoms with van der Waals surface area (Å²) in [4.78, 5) is 12.2. The summed E-state index contributed by atoms with van der Waals surface area (Å²) in [5.74, 6) is -5.99. The molecule has 0 bridgehead atoms. The maximum atomic E-state index is 14.2. The molecular formula is C20H15F5N2O4S. The molecular weight excluding hydrogens is 459 g/mol. The number of carbonyl (C=O) groups is 1. The molecule has 6 nitrogen and oxygen atoms in total. The molecule has 32 heavy (non-hydrogen) atoms. The Morgan fingerprint density at radius 2 is 1.66 bits per heavy atom. The number of nitrogens with zero attached hydrogens (tertiary/aromatic N) is 2. The molecule has 1 aromatic heterocycles. The van der Waals surface area contributed by atoms with Gasteiger partial charge in [0, 0.05) is 11.9 Å². The largest absolute Gasteiger partial charge is 0.491 e. The molecule has 0 saturated carbocycles. The number of benzene rings is 2. The number of ether oxygens (including phenoxy) is 1. The van der Waals surface area contributed by atoms with Crippen LogP contribution in [-0.4, -0.2) is 42.5 Å². The van der Waals surface area contributed by atoms with Crippen LogP contribution in [0, 0.1) is 11.6 Å². The second kappa shape index (κ2) is 7.85. The van der Waals surface area contributed by atoms with Gasteiger partial charge in [-0.15, -0.1) is 0 Å². The number of fused-ring (bicyclic) bond motifs is 1. The fraction of sp³-hybridized carbons (Fsp3) is 0.250. The number of esters is 1. The van der Waals surface area contributed by atoms with Crippen LogP contribution < -0.4 is 4.74 Å². The van der Waals surface area contributed by atoms with Gasteiger partial charge in [0.05, 0.1) is 11.7 Å². The van der Waals surface area contributed by atoms with Crippen molar-refractivity contribution in [1.82, 2.24) is 8.87 Å². The normalized spacial score (nSPS) is 15.0. The van der Waals surface area contributed by atoms with E-state index in [9.17, 15) is 35.2 Å². The van der Waals surface area contributed by atoms with Gasteiger partial charge in [-0.05, 0) is 43.3 Å². The van der Waals surface area contributed by atoms with Gasteiger partial charge < -0.3 is 4.74 Å². The zero-order valence-electron chi connectivity index (χ0n) is 16.2. The highest BCUT2D eigenvalue weighted by Crippen LogP contribution is 2.36.